The van der Waals surface area contributed by atoms with E-state index in [2.05, 4.69) is 0 Å². The van der Waals surface area contributed by atoms with Crippen LogP contribution in [-0.2, 0) is 17.4 Å². The average Bonchev–Trinajstić information content (AvgIpc) is 2.09. The summed E-state index contributed by atoms with van der Waals surface area (Å²) in [5, 5.41) is 0. The molecule has 0 bridgehead atoms. The Morgan fingerprint density at radius 2 is 1.93 bits per heavy atom. The maximum atomic E-state index is 12.8. The Morgan fingerprint density at radius 3 is 2.40 bits per heavy atom. The fourth-order valence-electron chi connectivity index (χ4n) is 1.09. The summed E-state index contributed by atoms with van der Waals surface area (Å²) < 4.78 is 49.9. The van der Waals surface area contributed by atoms with Gasteiger partial charge in [0.15, 0.2) is 0 Å². The van der Waals surface area contributed by atoms with E-state index in [1.807, 2.05) is 0 Å². The molecule has 1 nitrogen and oxygen atoms in total. The van der Waals surface area contributed by atoms with Crippen molar-refractivity contribution in [1.29, 1.82) is 0 Å². The third-order valence-corrected chi connectivity index (χ3v) is 3.00. The van der Waals surface area contributed by atoms with E-state index < -0.39 is 17.6 Å². The Hall–Kier alpha value is -0.660. The summed E-state index contributed by atoms with van der Waals surface area (Å²) in [6.45, 7) is 0. The monoisotopic (exact) mass is 332 g/mol. The molecule has 15 heavy (non-hydrogen) atoms. The van der Waals surface area contributed by atoms with Gasteiger partial charge in [-0.1, -0.05) is 0 Å². The normalized spacial score (nSPS) is 11.5. The number of hydrogen-bond acceptors (Lipinski definition) is 1. The number of carbonyl (C=O) groups excluding carboxylic acids is 1. The standard InChI is InChI=1S/C9H5F4IO/c10-6-3-5(1-2-15)8(14)7(4-6)9(11,12)13/h2-4H,1H2. The molecule has 0 aliphatic carbocycles. The van der Waals surface area contributed by atoms with Gasteiger partial charge in [-0.25, -0.2) is 4.39 Å². The third kappa shape index (κ3) is 2.90. The minimum absolute atomic E-state index is 0.0536. The van der Waals surface area contributed by atoms with Crippen LogP contribution >= 0.6 is 22.6 Å². The van der Waals surface area contributed by atoms with Gasteiger partial charge in [-0.05, 0) is 40.3 Å². The molecule has 0 radical (unpaired) electrons. The van der Waals surface area contributed by atoms with Gasteiger partial charge in [0.1, 0.15) is 12.1 Å². The molecule has 6 heteroatoms. The third-order valence-electron chi connectivity index (χ3n) is 1.72. The minimum Gasteiger partial charge on any atom is -0.303 e. The highest BCUT2D eigenvalue weighted by molar-refractivity contribution is 14.1. The molecular formula is C9H5F4IO. The fraction of sp³-hybridized carbons (Fsp3) is 0.222. The van der Waals surface area contributed by atoms with Gasteiger partial charge in [0.25, 0.3) is 0 Å². The van der Waals surface area contributed by atoms with Crippen molar-refractivity contribution in [1.82, 2.24) is 0 Å². The predicted molar refractivity (Wildman–Crippen MR) is 53.9 cm³/mol. The number of carbonyl (C=O) groups is 1. The Morgan fingerprint density at radius 1 is 1.33 bits per heavy atom. The van der Waals surface area contributed by atoms with Crippen LogP contribution in [0.2, 0.25) is 0 Å². The van der Waals surface area contributed by atoms with Crippen LogP contribution in [0.25, 0.3) is 0 Å². The van der Waals surface area contributed by atoms with E-state index in [-0.39, 0.29) is 15.6 Å². The molecule has 0 atom stereocenters. The Bertz CT molecular complexity index is 386. The smallest absolute Gasteiger partial charge is 0.303 e. The second-order valence-corrected chi connectivity index (χ2v) is 3.87. The lowest BCUT2D eigenvalue weighted by atomic mass is 10.1. The molecule has 0 aromatic heterocycles. The van der Waals surface area contributed by atoms with Gasteiger partial charge in [-0.2, -0.15) is 13.2 Å². The Balaban J connectivity index is 3.34. The molecule has 1 aromatic rings. The van der Waals surface area contributed by atoms with Crippen LogP contribution in [0.4, 0.5) is 17.6 Å². The summed E-state index contributed by atoms with van der Waals surface area (Å²) >= 11 is 1.46. The van der Waals surface area contributed by atoms with E-state index >= 15 is 0 Å². The maximum Gasteiger partial charge on any atom is 0.417 e. The molecular weight excluding hydrogens is 327 g/mol. The highest BCUT2D eigenvalue weighted by atomic mass is 127. The molecule has 1 aromatic carbocycles. The van der Waals surface area contributed by atoms with Crippen molar-refractivity contribution in [3.63, 3.8) is 0 Å². The number of rotatable bonds is 2. The SMILES string of the molecule is O=CCc1cc(F)cc(C(F)(F)F)c1I. The highest BCUT2D eigenvalue weighted by Gasteiger charge is 2.34. The topological polar surface area (TPSA) is 17.1 Å². The molecule has 0 unspecified atom stereocenters. The van der Waals surface area contributed by atoms with Crippen molar-refractivity contribution < 1.29 is 22.4 Å². The van der Waals surface area contributed by atoms with Gasteiger partial charge in [-0.3, -0.25) is 0 Å². The van der Waals surface area contributed by atoms with Crippen LogP contribution in [0.1, 0.15) is 11.1 Å². The van der Waals surface area contributed by atoms with Crippen molar-refractivity contribution in [2.45, 2.75) is 12.6 Å². The fourth-order valence-corrected chi connectivity index (χ4v) is 1.93. The zero-order valence-electron chi connectivity index (χ0n) is 7.24. The van der Waals surface area contributed by atoms with E-state index in [9.17, 15) is 22.4 Å². The van der Waals surface area contributed by atoms with E-state index in [1.54, 1.807) is 0 Å². The van der Waals surface area contributed by atoms with Crippen LogP contribution in [-0.4, -0.2) is 6.29 Å². The first kappa shape index (κ1) is 12.4. The second kappa shape index (κ2) is 4.46. The molecule has 0 fully saturated rings. The molecule has 1 rings (SSSR count). The van der Waals surface area contributed by atoms with Crippen LogP contribution in [0.5, 0.6) is 0 Å². The molecule has 0 spiro atoms. The van der Waals surface area contributed by atoms with Crippen molar-refractivity contribution >= 4 is 28.9 Å². The molecule has 0 aliphatic heterocycles. The summed E-state index contributed by atoms with van der Waals surface area (Å²) in [6, 6.07) is 1.36. The van der Waals surface area contributed by atoms with Crippen LogP contribution < -0.4 is 0 Å². The van der Waals surface area contributed by atoms with Crippen molar-refractivity contribution in [2.24, 2.45) is 0 Å². The van der Waals surface area contributed by atoms with Gasteiger partial charge in [0.05, 0.1) is 5.56 Å². The van der Waals surface area contributed by atoms with Crippen molar-refractivity contribution in [2.75, 3.05) is 0 Å². The van der Waals surface area contributed by atoms with Crippen LogP contribution in [0.15, 0.2) is 12.1 Å². The maximum absolute atomic E-state index is 12.8. The second-order valence-electron chi connectivity index (χ2n) is 2.80. The summed E-state index contributed by atoms with van der Waals surface area (Å²) in [7, 11) is 0. The van der Waals surface area contributed by atoms with E-state index in [1.165, 1.54) is 22.6 Å². The first-order valence-electron chi connectivity index (χ1n) is 3.85. The number of aldehydes is 1. The van der Waals surface area contributed by atoms with Crippen LogP contribution in [0.3, 0.4) is 0 Å². The molecule has 0 heterocycles. The van der Waals surface area contributed by atoms with Gasteiger partial charge < -0.3 is 4.79 Å². The van der Waals surface area contributed by atoms with Crippen LogP contribution in [0, 0.1) is 9.39 Å². The Kier molecular flexibility index (Phi) is 3.69. The van der Waals surface area contributed by atoms with Crippen molar-refractivity contribution in [3.8, 4) is 0 Å². The zero-order chi connectivity index (χ0) is 11.6. The first-order valence-corrected chi connectivity index (χ1v) is 4.93. The molecule has 0 N–H and O–H groups in total. The van der Waals surface area contributed by atoms with Gasteiger partial charge in [-0.15, -0.1) is 0 Å². The lowest BCUT2D eigenvalue weighted by Gasteiger charge is -2.11. The predicted octanol–water partition coefficient (Wildman–Crippen LogP) is 3.19. The number of benzene rings is 1. The van der Waals surface area contributed by atoms with E-state index in [4.69, 9.17) is 0 Å². The van der Waals surface area contributed by atoms with Gasteiger partial charge in [0.2, 0.25) is 0 Å². The molecule has 0 amide bonds. The summed E-state index contributed by atoms with van der Waals surface area (Å²) in [4.78, 5) is 10.2. The quantitative estimate of drug-likeness (QED) is 0.462. The zero-order valence-corrected chi connectivity index (χ0v) is 9.39. The summed E-state index contributed by atoms with van der Waals surface area (Å²) in [5.41, 5.74) is -0.988. The van der Waals surface area contributed by atoms with Gasteiger partial charge >= 0.3 is 6.18 Å². The van der Waals surface area contributed by atoms with Crippen molar-refractivity contribution in [3.05, 3.63) is 32.6 Å². The Labute approximate surface area is 96.6 Å². The first-order chi connectivity index (χ1) is 6.86. The summed E-state index contributed by atoms with van der Waals surface area (Å²) in [5.74, 6) is -0.986. The number of alkyl halides is 3. The number of halogens is 5. The highest BCUT2D eigenvalue weighted by Crippen LogP contribution is 2.34. The molecule has 0 saturated carbocycles. The molecule has 0 aliphatic rings. The minimum atomic E-state index is -4.60. The average molecular weight is 332 g/mol. The number of hydrogen-bond donors (Lipinski definition) is 0. The van der Waals surface area contributed by atoms with E-state index in [0.29, 0.717) is 12.4 Å². The lowest BCUT2D eigenvalue weighted by Crippen LogP contribution is -2.10. The molecule has 0 saturated heterocycles. The summed E-state index contributed by atoms with van der Waals surface area (Å²) in [6.07, 6.45) is -4.38. The van der Waals surface area contributed by atoms with Gasteiger partial charge in [0, 0.05) is 9.99 Å². The largest absolute Gasteiger partial charge is 0.417 e. The lowest BCUT2D eigenvalue weighted by molar-refractivity contribution is -0.138. The molecule has 82 valence electrons. The van der Waals surface area contributed by atoms with E-state index in [0.717, 1.165) is 6.07 Å².